The van der Waals surface area contributed by atoms with Gasteiger partial charge in [0.25, 0.3) is 5.69 Å². The van der Waals surface area contributed by atoms with Gasteiger partial charge in [0.05, 0.1) is 11.0 Å². The fourth-order valence-electron chi connectivity index (χ4n) is 1.73. The lowest BCUT2D eigenvalue weighted by Crippen LogP contribution is -2.05. The van der Waals surface area contributed by atoms with Crippen LogP contribution in [0.25, 0.3) is 0 Å². The van der Waals surface area contributed by atoms with Crippen molar-refractivity contribution >= 4 is 11.5 Å². The fourth-order valence-corrected chi connectivity index (χ4v) is 1.73. The van der Waals surface area contributed by atoms with Crippen LogP contribution in [0.3, 0.4) is 0 Å². The van der Waals surface area contributed by atoms with E-state index in [1.165, 1.54) is 24.3 Å². The Bertz CT molecular complexity index is 669. The van der Waals surface area contributed by atoms with Gasteiger partial charge in [-0.15, -0.1) is 0 Å². The molecule has 0 fully saturated rings. The van der Waals surface area contributed by atoms with Crippen molar-refractivity contribution in [3.63, 3.8) is 0 Å². The molecule has 2 aromatic rings. The van der Waals surface area contributed by atoms with Gasteiger partial charge >= 0.3 is 0 Å². The molecule has 0 unspecified atom stereocenters. The molecule has 0 bridgehead atoms. The normalized spacial score (nSPS) is 10.3. The minimum absolute atomic E-state index is 0.0824. The van der Waals surface area contributed by atoms with Crippen LogP contribution in [-0.2, 0) is 6.42 Å². The smallest absolute Gasteiger partial charge is 0.273 e. The molecule has 0 radical (unpaired) electrons. The molecule has 2 aromatic carbocycles. The Kier molecular flexibility index (Phi) is 3.84. The minimum atomic E-state index is -0.846. The molecule has 0 aliphatic heterocycles. The number of carbonyl (C=O) groups is 1. The summed E-state index contributed by atoms with van der Waals surface area (Å²) in [4.78, 5) is 21.8. The zero-order valence-electron chi connectivity index (χ0n) is 10.2. The highest BCUT2D eigenvalue weighted by Gasteiger charge is 2.15. The zero-order valence-corrected chi connectivity index (χ0v) is 10.2. The van der Waals surface area contributed by atoms with E-state index in [0.29, 0.717) is 5.56 Å². The summed E-state index contributed by atoms with van der Waals surface area (Å²) < 4.78 is 26.0. The first-order chi connectivity index (χ1) is 9.45. The van der Waals surface area contributed by atoms with Crippen molar-refractivity contribution in [2.45, 2.75) is 6.42 Å². The van der Waals surface area contributed by atoms with Gasteiger partial charge in [0.2, 0.25) is 0 Å². The maximum Gasteiger partial charge on any atom is 0.273 e. The molecule has 0 atom stereocenters. The summed E-state index contributed by atoms with van der Waals surface area (Å²) in [5.74, 6) is -1.75. The number of rotatable bonds is 4. The molecule has 0 aromatic heterocycles. The van der Waals surface area contributed by atoms with Crippen molar-refractivity contribution in [2.75, 3.05) is 0 Å². The quantitative estimate of drug-likeness (QED) is 0.489. The molecule has 102 valence electrons. The number of carbonyl (C=O) groups excluding carboxylic acids is 1. The van der Waals surface area contributed by atoms with Crippen molar-refractivity contribution in [3.05, 3.63) is 75.3 Å². The summed E-state index contributed by atoms with van der Waals surface area (Å²) in [6.07, 6.45) is -0.0825. The number of nitrogens with zero attached hydrogens (tertiary/aromatic N) is 1. The van der Waals surface area contributed by atoms with Crippen LogP contribution in [0.5, 0.6) is 0 Å². The Hall–Kier alpha value is -2.63. The minimum Gasteiger partial charge on any atom is -0.294 e. The maximum absolute atomic E-state index is 13.2. The van der Waals surface area contributed by atoms with Crippen molar-refractivity contribution in [1.29, 1.82) is 0 Å². The van der Waals surface area contributed by atoms with Crippen LogP contribution in [-0.4, -0.2) is 10.7 Å². The molecule has 2 rings (SSSR count). The van der Waals surface area contributed by atoms with Gasteiger partial charge in [0.1, 0.15) is 11.6 Å². The third-order valence-corrected chi connectivity index (χ3v) is 2.69. The summed E-state index contributed by atoms with van der Waals surface area (Å²) >= 11 is 0. The molecule has 20 heavy (non-hydrogen) atoms. The number of non-ortho nitro benzene ring substituents is 1. The molecule has 0 N–H and O–H groups in total. The largest absolute Gasteiger partial charge is 0.294 e. The van der Waals surface area contributed by atoms with Gasteiger partial charge in [-0.1, -0.05) is 12.1 Å². The highest BCUT2D eigenvalue weighted by atomic mass is 19.1. The molecular weight excluding hydrogens is 268 g/mol. The van der Waals surface area contributed by atoms with Crippen LogP contribution in [0.1, 0.15) is 15.9 Å². The first-order valence-electron chi connectivity index (χ1n) is 5.68. The van der Waals surface area contributed by atoms with Crippen molar-refractivity contribution in [2.24, 2.45) is 0 Å². The monoisotopic (exact) mass is 277 g/mol. The first kappa shape index (κ1) is 13.8. The van der Waals surface area contributed by atoms with Crippen LogP contribution < -0.4 is 0 Å². The average molecular weight is 277 g/mol. The summed E-state index contributed by atoms with van der Waals surface area (Å²) in [5.41, 5.74) is -0.0169. The van der Waals surface area contributed by atoms with Crippen LogP contribution >= 0.6 is 0 Å². The van der Waals surface area contributed by atoms with Crippen molar-refractivity contribution < 1.29 is 18.5 Å². The van der Waals surface area contributed by atoms with Gasteiger partial charge in [-0.05, 0) is 23.8 Å². The highest BCUT2D eigenvalue weighted by Crippen LogP contribution is 2.18. The van der Waals surface area contributed by atoms with Crippen molar-refractivity contribution in [3.8, 4) is 0 Å². The number of halogens is 2. The van der Waals surface area contributed by atoms with Crippen LogP contribution in [0.4, 0.5) is 14.5 Å². The van der Waals surface area contributed by atoms with E-state index in [4.69, 9.17) is 0 Å². The van der Waals surface area contributed by atoms with E-state index >= 15 is 0 Å². The van der Waals surface area contributed by atoms with E-state index in [2.05, 4.69) is 0 Å². The van der Waals surface area contributed by atoms with Gasteiger partial charge in [-0.25, -0.2) is 8.78 Å². The molecule has 0 saturated heterocycles. The summed E-state index contributed by atoms with van der Waals surface area (Å²) in [6.45, 7) is 0. The van der Waals surface area contributed by atoms with Crippen molar-refractivity contribution in [1.82, 2.24) is 0 Å². The van der Waals surface area contributed by atoms with E-state index in [1.807, 2.05) is 0 Å². The average Bonchev–Trinajstić information content (AvgIpc) is 2.40. The van der Waals surface area contributed by atoms with Gasteiger partial charge in [0, 0.05) is 18.1 Å². The third kappa shape index (κ3) is 3.23. The summed E-state index contributed by atoms with van der Waals surface area (Å²) in [5, 5.41) is 10.6. The number of hydrogen-bond donors (Lipinski definition) is 0. The third-order valence-electron chi connectivity index (χ3n) is 2.69. The van der Waals surface area contributed by atoms with Gasteiger partial charge < -0.3 is 0 Å². The lowest BCUT2D eigenvalue weighted by atomic mass is 10.0. The van der Waals surface area contributed by atoms with Gasteiger partial charge in [-0.2, -0.15) is 0 Å². The SMILES string of the molecule is O=C(Cc1ccc(F)cc1)c1cc(F)cc([N+](=O)[O-])c1. The van der Waals surface area contributed by atoms with E-state index in [0.717, 1.165) is 18.2 Å². The molecule has 0 amide bonds. The highest BCUT2D eigenvalue weighted by molar-refractivity contribution is 5.98. The molecule has 6 heteroatoms. The van der Waals surface area contributed by atoms with Gasteiger partial charge in [-0.3, -0.25) is 14.9 Å². The molecule has 0 aliphatic rings. The van der Waals surface area contributed by atoms with Crippen LogP contribution in [0, 0.1) is 21.7 Å². The number of ketones is 1. The Morgan fingerprint density at radius 1 is 1.05 bits per heavy atom. The molecule has 0 saturated carbocycles. The predicted octanol–water partition coefficient (Wildman–Crippen LogP) is 3.30. The number of nitro benzene ring substituents is 1. The Balaban J connectivity index is 2.25. The number of Topliss-reactive ketones (excluding diaryl/α,β-unsaturated/α-hetero) is 1. The van der Waals surface area contributed by atoms with Crippen LogP contribution in [0.2, 0.25) is 0 Å². The second kappa shape index (κ2) is 5.56. The Labute approximate surface area is 112 Å². The lowest BCUT2D eigenvalue weighted by molar-refractivity contribution is -0.385. The molecule has 0 spiro atoms. The summed E-state index contributed by atoms with van der Waals surface area (Å²) in [7, 11) is 0. The fraction of sp³-hybridized carbons (Fsp3) is 0.0714. The van der Waals surface area contributed by atoms with E-state index in [1.54, 1.807) is 0 Å². The molecule has 0 aliphatic carbocycles. The maximum atomic E-state index is 13.2. The molecule has 0 heterocycles. The Morgan fingerprint density at radius 3 is 2.30 bits per heavy atom. The number of nitro groups is 1. The topological polar surface area (TPSA) is 60.2 Å². The first-order valence-corrected chi connectivity index (χ1v) is 5.68. The summed E-state index contributed by atoms with van der Waals surface area (Å²) in [6, 6.07) is 7.98. The lowest BCUT2D eigenvalue weighted by Gasteiger charge is -2.02. The van der Waals surface area contributed by atoms with E-state index in [9.17, 15) is 23.7 Å². The Morgan fingerprint density at radius 2 is 1.70 bits per heavy atom. The number of benzene rings is 2. The van der Waals surface area contributed by atoms with Crippen LogP contribution in [0.15, 0.2) is 42.5 Å². The molecular formula is C14H9F2NO3. The molecule has 4 nitrogen and oxygen atoms in total. The van der Waals surface area contributed by atoms with E-state index in [-0.39, 0.29) is 12.0 Å². The predicted molar refractivity (Wildman–Crippen MR) is 67.5 cm³/mol. The van der Waals surface area contributed by atoms with E-state index < -0.39 is 28.0 Å². The zero-order chi connectivity index (χ0) is 14.7. The second-order valence-electron chi connectivity index (χ2n) is 4.18. The second-order valence-corrected chi connectivity index (χ2v) is 4.18. The van der Waals surface area contributed by atoms with Gasteiger partial charge in [0.15, 0.2) is 5.78 Å². The standard InChI is InChI=1S/C14H9F2NO3/c15-11-3-1-9(2-4-11)5-14(18)10-6-12(16)8-13(7-10)17(19)20/h1-4,6-8H,5H2. The number of hydrogen-bond acceptors (Lipinski definition) is 3.